The minimum absolute atomic E-state index is 0.103. The van der Waals surface area contributed by atoms with Crippen LogP contribution in [0.15, 0.2) is 72.8 Å². The molecule has 0 heterocycles. The summed E-state index contributed by atoms with van der Waals surface area (Å²) >= 11 is 0. The van der Waals surface area contributed by atoms with Crippen molar-refractivity contribution in [2.24, 2.45) is 0 Å². The number of nitrogens with one attached hydrogen (secondary N) is 1. The van der Waals surface area contributed by atoms with Crippen molar-refractivity contribution in [3.8, 4) is 0 Å². The highest BCUT2D eigenvalue weighted by Crippen LogP contribution is 2.20. The number of hydrogen-bond acceptors (Lipinski definition) is 4. The molecule has 1 N–H and O–H groups in total. The van der Waals surface area contributed by atoms with E-state index in [4.69, 9.17) is 4.74 Å². The van der Waals surface area contributed by atoms with E-state index in [1.807, 2.05) is 50.2 Å². The smallest absolute Gasteiger partial charge is 0.339 e. The molecule has 6 nitrogen and oxygen atoms in total. The van der Waals surface area contributed by atoms with Crippen LogP contribution in [0.4, 0.5) is 11.4 Å². The molecule has 2 amide bonds. The predicted molar refractivity (Wildman–Crippen MR) is 125 cm³/mol. The summed E-state index contributed by atoms with van der Waals surface area (Å²) < 4.78 is 5.40. The lowest BCUT2D eigenvalue weighted by molar-refractivity contribution is -0.123. The number of hydrogen-bond donors (Lipinski definition) is 1. The van der Waals surface area contributed by atoms with Gasteiger partial charge in [-0.05, 0) is 62.2 Å². The molecular weight excluding hydrogens is 404 g/mol. The lowest BCUT2D eigenvalue weighted by atomic mass is 10.1. The average molecular weight is 431 g/mol. The van der Waals surface area contributed by atoms with Gasteiger partial charge in [0.2, 0.25) is 0 Å². The minimum Gasteiger partial charge on any atom is -0.449 e. The van der Waals surface area contributed by atoms with Crippen molar-refractivity contribution < 1.29 is 19.1 Å². The number of ether oxygens (including phenoxy) is 1. The van der Waals surface area contributed by atoms with Gasteiger partial charge in [-0.3, -0.25) is 9.59 Å². The summed E-state index contributed by atoms with van der Waals surface area (Å²) in [5.41, 5.74) is 3.57. The maximum atomic E-state index is 13.0. The standard InChI is InChI=1S/C26H26N2O4/c1-17-14-15-18(2)23(16-17)27-24(29)19(3)32-26(31)22-13-9-8-12-21(22)25(30)28(4)20-10-6-5-7-11-20/h5-16,19H,1-4H3,(H,27,29). The van der Waals surface area contributed by atoms with Gasteiger partial charge in [-0.2, -0.15) is 0 Å². The van der Waals surface area contributed by atoms with E-state index in [1.54, 1.807) is 37.4 Å². The zero-order valence-corrected chi connectivity index (χ0v) is 18.6. The third kappa shape index (κ3) is 5.21. The number of rotatable bonds is 6. The molecule has 0 saturated carbocycles. The number of nitrogens with zero attached hydrogens (tertiary/aromatic N) is 1. The molecule has 164 valence electrons. The van der Waals surface area contributed by atoms with Gasteiger partial charge in [0, 0.05) is 18.4 Å². The van der Waals surface area contributed by atoms with E-state index in [0.29, 0.717) is 11.4 Å². The molecule has 32 heavy (non-hydrogen) atoms. The molecule has 0 spiro atoms. The Labute approximate surface area is 187 Å². The first-order valence-corrected chi connectivity index (χ1v) is 10.3. The SMILES string of the molecule is Cc1ccc(C)c(NC(=O)C(C)OC(=O)c2ccccc2C(=O)N(C)c2ccccc2)c1. The van der Waals surface area contributed by atoms with Crippen LogP contribution in [0.3, 0.4) is 0 Å². The first kappa shape index (κ1) is 22.7. The van der Waals surface area contributed by atoms with E-state index in [-0.39, 0.29) is 17.0 Å². The first-order chi connectivity index (χ1) is 15.3. The van der Waals surface area contributed by atoms with Gasteiger partial charge in [-0.1, -0.05) is 42.5 Å². The Bertz CT molecular complexity index is 1140. The molecule has 3 aromatic rings. The van der Waals surface area contributed by atoms with Crippen LogP contribution in [-0.4, -0.2) is 30.9 Å². The number of anilines is 2. The molecule has 3 aromatic carbocycles. The third-order valence-corrected chi connectivity index (χ3v) is 5.13. The molecule has 0 aliphatic carbocycles. The summed E-state index contributed by atoms with van der Waals surface area (Å²) in [6.07, 6.45) is -1.04. The lowest BCUT2D eigenvalue weighted by Gasteiger charge is -2.19. The highest BCUT2D eigenvalue weighted by Gasteiger charge is 2.25. The molecule has 1 atom stereocenters. The summed E-state index contributed by atoms with van der Waals surface area (Å²) in [5, 5.41) is 2.79. The Balaban J connectivity index is 1.74. The van der Waals surface area contributed by atoms with Crippen molar-refractivity contribution >= 4 is 29.2 Å². The van der Waals surface area contributed by atoms with E-state index in [2.05, 4.69) is 5.32 Å². The maximum Gasteiger partial charge on any atom is 0.339 e. The minimum atomic E-state index is -1.04. The topological polar surface area (TPSA) is 75.7 Å². The number of benzene rings is 3. The predicted octanol–water partition coefficient (Wildman–Crippen LogP) is 4.76. The van der Waals surface area contributed by atoms with E-state index >= 15 is 0 Å². The van der Waals surface area contributed by atoms with Crippen LogP contribution in [0.1, 0.15) is 38.8 Å². The van der Waals surface area contributed by atoms with E-state index in [0.717, 1.165) is 11.1 Å². The summed E-state index contributed by atoms with van der Waals surface area (Å²) in [6, 6.07) is 21.3. The van der Waals surface area contributed by atoms with Gasteiger partial charge >= 0.3 is 5.97 Å². The summed E-state index contributed by atoms with van der Waals surface area (Å²) in [6.45, 7) is 5.31. The van der Waals surface area contributed by atoms with Crippen LogP contribution in [0, 0.1) is 13.8 Å². The Morgan fingerprint density at radius 2 is 1.50 bits per heavy atom. The zero-order valence-electron chi connectivity index (χ0n) is 18.6. The number of amides is 2. The molecule has 0 aliphatic rings. The van der Waals surface area contributed by atoms with Gasteiger partial charge in [-0.25, -0.2) is 4.79 Å². The van der Waals surface area contributed by atoms with Crippen LogP contribution >= 0.6 is 0 Å². The highest BCUT2D eigenvalue weighted by molar-refractivity contribution is 6.12. The monoisotopic (exact) mass is 430 g/mol. The number of carbonyl (C=O) groups excluding carboxylic acids is 3. The molecule has 0 radical (unpaired) electrons. The molecule has 0 saturated heterocycles. The van der Waals surface area contributed by atoms with Crippen molar-refractivity contribution in [1.82, 2.24) is 0 Å². The largest absolute Gasteiger partial charge is 0.449 e. The summed E-state index contributed by atoms with van der Waals surface area (Å²) in [4.78, 5) is 39.9. The fourth-order valence-electron chi connectivity index (χ4n) is 3.18. The molecular formula is C26H26N2O4. The van der Waals surface area contributed by atoms with Crippen molar-refractivity contribution in [3.05, 3.63) is 95.1 Å². The Morgan fingerprint density at radius 3 is 2.19 bits per heavy atom. The van der Waals surface area contributed by atoms with Crippen LogP contribution in [-0.2, 0) is 9.53 Å². The molecule has 0 fully saturated rings. The fourth-order valence-corrected chi connectivity index (χ4v) is 3.18. The molecule has 6 heteroatoms. The Kier molecular flexibility index (Phi) is 7.05. The number of carbonyl (C=O) groups is 3. The van der Waals surface area contributed by atoms with Crippen molar-refractivity contribution in [3.63, 3.8) is 0 Å². The number of esters is 1. The molecule has 0 bridgehead atoms. The van der Waals surface area contributed by atoms with Gasteiger partial charge in [0.1, 0.15) is 0 Å². The van der Waals surface area contributed by atoms with Crippen molar-refractivity contribution in [1.29, 1.82) is 0 Å². The second-order valence-corrected chi connectivity index (χ2v) is 7.60. The molecule has 0 aromatic heterocycles. The average Bonchev–Trinajstić information content (AvgIpc) is 2.80. The van der Waals surface area contributed by atoms with Crippen LogP contribution in [0.5, 0.6) is 0 Å². The van der Waals surface area contributed by atoms with Crippen molar-refractivity contribution in [2.45, 2.75) is 26.9 Å². The van der Waals surface area contributed by atoms with Crippen LogP contribution in [0.25, 0.3) is 0 Å². The van der Waals surface area contributed by atoms with Gasteiger partial charge in [0.05, 0.1) is 11.1 Å². The Hall–Kier alpha value is -3.93. The van der Waals surface area contributed by atoms with Gasteiger partial charge in [-0.15, -0.1) is 0 Å². The van der Waals surface area contributed by atoms with Gasteiger partial charge < -0.3 is 15.0 Å². The second kappa shape index (κ2) is 9.92. The van der Waals surface area contributed by atoms with E-state index in [1.165, 1.54) is 17.9 Å². The lowest BCUT2D eigenvalue weighted by Crippen LogP contribution is -2.32. The summed E-state index contributed by atoms with van der Waals surface area (Å²) in [7, 11) is 1.64. The second-order valence-electron chi connectivity index (χ2n) is 7.60. The molecule has 3 rings (SSSR count). The van der Waals surface area contributed by atoms with Crippen molar-refractivity contribution in [2.75, 3.05) is 17.3 Å². The first-order valence-electron chi connectivity index (χ1n) is 10.3. The number of para-hydroxylation sites is 1. The van der Waals surface area contributed by atoms with Crippen LogP contribution in [0.2, 0.25) is 0 Å². The van der Waals surface area contributed by atoms with Gasteiger partial charge in [0.15, 0.2) is 6.10 Å². The van der Waals surface area contributed by atoms with E-state index in [9.17, 15) is 14.4 Å². The Morgan fingerprint density at radius 1 is 0.875 bits per heavy atom. The zero-order chi connectivity index (χ0) is 23.3. The molecule has 0 aliphatic heterocycles. The van der Waals surface area contributed by atoms with Gasteiger partial charge in [0.25, 0.3) is 11.8 Å². The fraction of sp³-hybridized carbons (Fsp3) is 0.192. The van der Waals surface area contributed by atoms with E-state index < -0.39 is 18.0 Å². The number of aryl methyl sites for hydroxylation is 2. The third-order valence-electron chi connectivity index (χ3n) is 5.13. The summed E-state index contributed by atoms with van der Waals surface area (Å²) in [5.74, 6) is -1.53. The highest BCUT2D eigenvalue weighted by atomic mass is 16.5. The van der Waals surface area contributed by atoms with Crippen LogP contribution < -0.4 is 10.2 Å². The quantitative estimate of drug-likeness (QED) is 0.572. The molecule has 1 unspecified atom stereocenters. The normalized spacial score (nSPS) is 11.4. The maximum absolute atomic E-state index is 13.0.